The molecule has 0 amide bonds. The van der Waals surface area contributed by atoms with E-state index in [0.717, 1.165) is 0 Å². The second kappa shape index (κ2) is 3.57. The van der Waals surface area contributed by atoms with Crippen LogP contribution in [0.2, 0.25) is 0 Å². The van der Waals surface area contributed by atoms with Crippen LogP contribution in [0.25, 0.3) is 0 Å². The van der Waals surface area contributed by atoms with Gasteiger partial charge in [0.25, 0.3) is 0 Å². The molecule has 0 unspecified atom stereocenters. The molecule has 0 atom stereocenters. The summed E-state index contributed by atoms with van der Waals surface area (Å²) in [6.45, 7) is 17.9. The van der Waals surface area contributed by atoms with Gasteiger partial charge >= 0.3 is 0 Å². The maximum atomic E-state index is 3.92. The third kappa shape index (κ3) is 2.36. The third-order valence-corrected chi connectivity index (χ3v) is 3.84. The minimum atomic E-state index is -0.679. The van der Waals surface area contributed by atoms with E-state index in [-0.39, 0.29) is 0 Å². The highest BCUT2D eigenvalue weighted by Crippen LogP contribution is 2.12. The van der Waals surface area contributed by atoms with Gasteiger partial charge in [-0.2, -0.15) is 0 Å². The molecule has 0 spiro atoms. The molecule has 10 heavy (non-hydrogen) atoms. The van der Waals surface area contributed by atoms with Crippen molar-refractivity contribution in [2.24, 2.45) is 0 Å². The monoisotopic (exact) mass is 151 g/mol. The number of hydrogen-bond donors (Lipinski definition) is 0. The molecule has 0 heterocycles. The van der Waals surface area contributed by atoms with E-state index >= 15 is 0 Å². The molecule has 1 radical (unpaired) electrons. The number of hydrogen-bond acceptors (Lipinski definition) is 0. The fourth-order valence-corrected chi connectivity index (χ4v) is 3.28. The molecule has 0 bridgehead atoms. The smallest absolute Gasteiger partial charge is 0.104 e. The molecule has 0 N–H and O–H groups in total. The topological polar surface area (TPSA) is 0 Å². The van der Waals surface area contributed by atoms with Crippen molar-refractivity contribution in [3.63, 3.8) is 0 Å². The largest absolute Gasteiger partial charge is 0.138 e. The van der Waals surface area contributed by atoms with Gasteiger partial charge in [-0.1, -0.05) is 15.6 Å². The van der Waals surface area contributed by atoms with E-state index in [1.54, 1.807) is 0 Å². The van der Waals surface area contributed by atoms with Crippen molar-refractivity contribution in [3.05, 3.63) is 35.3 Å². The predicted molar refractivity (Wildman–Crippen MR) is 50.2 cm³/mol. The predicted octanol–water partition coefficient (Wildman–Crippen LogP) is 2.83. The van der Waals surface area contributed by atoms with Crippen LogP contribution in [-0.2, 0) is 0 Å². The van der Waals surface area contributed by atoms with E-state index in [0.29, 0.717) is 0 Å². The SMILES string of the molecule is C=C(C)[Si](C(=C)C)C(=C)C. The van der Waals surface area contributed by atoms with Crippen molar-refractivity contribution in [2.45, 2.75) is 20.8 Å². The van der Waals surface area contributed by atoms with Crippen LogP contribution < -0.4 is 0 Å². The lowest BCUT2D eigenvalue weighted by Gasteiger charge is -2.13. The zero-order chi connectivity index (χ0) is 8.31. The highest BCUT2D eigenvalue weighted by atomic mass is 28.3. The van der Waals surface area contributed by atoms with Gasteiger partial charge in [0.15, 0.2) is 0 Å². The summed E-state index contributed by atoms with van der Waals surface area (Å²) < 4.78 is 0. The number of rotatable bonds is 3. The van der Waals surface area contributed by atoms with Crippen molar-refractivity contribution < 1.29 is 0 Å². The second-order valence-corrected chi connectivity index (χ2v) is 6.03. The summed E-state index contributed by atoms with van der Waals surface area (Å²) in [4.78, 5) is 0. The molecular weight excluding hydrogens is 136 g/mol. The summed E-state index contributed by atoms with van der Waals surface area (Å²) in [7, 11) is -0.679. The molecule has 0 saturated carbocycles. The van der Waals surface area contributed by atoms with Gasteiger partial charge in [0.1, 0.15) is 8.80 Å². The van der Waals surface area contributed by atoms with Crippen LogP contribution >= 0.6 is 0 Å². The van der Waals surface area contributed by atoms with Crippen LogP contribution in [0, 0.1) is 0 Å². The molecule has 0 aromatic heterocycles. The molecular formula is C9H15Si. The van der Waals surface area contributed by atoms with E-state index in [1.165, 1.54) is 15.6 Å². The average Bonchev–Trinajstić information content (AvgIpc) is 1.59. The van der Waals surface area contributed by atoms with E-state index < -0.39 is 8.80 Å². The van der Waals surface area contributed by atoms with Crippen molar-refractivity contribution in [3.8, 4) is 0 Å². The Hall–Kier alpha value is -0.563. The van der Waals surface area contributed by atoms with E-state index in [2.05, 4.69) is 40.5 Å². The zero-order valence-electron chi connectivity index (χ0n) is 7.12. The summed E-state index contributed by atoms with van der Waals surface area (Å²) in [5.41, 5.74) is 0. The van der Waals surface area contributed by atoms with Gasteiger partial charge in [-0.25, -0.2) is 0 Å². The average molecular weight is 151 g/mol. The maximum Gasteiger partial charge on any atom is 0.138 e. The first-order valence-corrected chi connectivity index (χ1v) is 4.81. The van der Waals surface area contributed by atoms with Crippen LogP contribution in [0.15, 0.2) is 35.3 Å². The fourth-order valence-electron chi connectivity index (χ4n) is 1.09. The Labute approximate surface area is 65.6 Å². The lowest BCUT2D eigenvalue weighted by Crippen LogP contribution is -2.17. The van der Waals surface area contributed by atoms with Gasteiger partial charge in [0.05, 0.1) is 0 Å². The molecule has 0 nitrogen and oxygen atoms in total. The standard InChI is InChI=1S/C9H15Si/c1-7(2)10(8(3)4)9(5)6/h1,3,5H2,2,4,6H3. The first-order chi connectivity index (χ1) is 4.46. The van der Waals surface area contributed by atoms with Crippen LogP contribution in [0.5, 0.6) is 0 Å². The Morgan fingerprint density at radius 1 is 0.800 bits per heavy atom. The first-order valence-electron chi connectivity index (χ1n) is 3.31. The number of allylic oxidation sites excluding steroid dienone is 3. The van der Waals surface area contributed by atoms with Gasteiger partial charge < -0.3 is 0 Å². The highest BCUT2D eigenvalue weighted by Gasteiger charge is 2.12. The zero-order valence-corrected chi connectivity index (χ0v) is 8.12. The van der Waals surface area contributed by atoms with Gasteiger partial charge in [-0.3, -0.25) is 0 Å². The van der Waals surface area contributed by atoms with Gasteiger partial charge in [-0.05, 0) is 20.8 Å². The van der Waals surface area contributed by atoms with Crippen molar-refractivity contribution in [1.29, 1.82) is 0 Å². The molecule has 0 fully saturated rings. The van der Waals surface area contributed by atoms with Crippen molar-refractivity contribution in [2.75, 3.05) is 0 Å². The Morgan fingerprint density at radius 2 is 1.00 bits per heavy atom. The summed E-state index contributed by atoms with van der Waals surface area (Å²) >= 11 is 0. The summed E-state index contributed by atoms with van der Waals surface area (Å²) in [5, 5.41) is 3.68. The molecule has 1 heteroatoms. The van der Waals surface area contributed by atoms with Crippen LogP contribution in [-0.4, -0.2) is 8.80 Å². The summed E-state index contributed by atoms with van der Waals surface area (Å²) in [6.07, 6.45) is 0. The molecule has 0 saturated heterocycles. The maximum absolute atomic E-state index is 3.92. The second-order valence-electron chi connectivity index (χ2n) is 2.72. The van der Waals surface area contributed by atoms with Crippen molar-refractivity contribution >= 4 is 8.80 Å². The lowest BCUT2D eigenvalue weighted by atomic mass is 10.7. The molecule has 0 aliphatic carbocycles. The normalized spacial score (nSPS) is 9.60. The van der Waals surface area contributed by atoms with Crippen LogP contribution in [0.1, 0.15) is 20.8 Å². The molecule has 0 aliphatic heterocycles. The highest BCUT2D eigenvalue weighted by molar-refractivity contribution is 6.79. The summed E-state index contributed by atoms with van der Waals surface area (Å²) in [5.74, 6) is 0. The summed E-state index contributed by atoms with van der Waals surface area (Å²) in [6, 6.07) is 0. The van der Waals surface area contributed by atoms with Gasteiger partial charge in [0.2, 0.25) is 0 Å². The Bertz CT molecular complexity index is 144. The minimum Gasteiger partial charge on any atom is -0.104 e. The van der Waals surface area contributed by atoms with Crippen LogP contribution in [0.3, 0.4) is 0 Å². The van der Waals surface area contributed by atoms with Crippen LogP contribution in [0.4, 0.5) is 0 Å². The van der Waals surface area contributed by atoms with E-state index in [9.17, 15) is 0 Å². The Kier molecular flexibility index (Phi) is 3.37. The van der Waals surface area contributed by atoms with Crippen molar-refractivity contribution in [1.82, 2.24) is 0 Å². The lowest BCUT2D eigenvalue weighted by molar-refractivity contribution is 1.53. The van der Waals surface area contributed by atoms with E-state index in [4.69, 9.17) is 0 Å². The molecule has 55 valence electrons. The van der Waals surface area contributed by atoms with E-state index in [1.807, 2.05) is 0 Å². The Morgan fingerprint density at radius 3 is 1.00 bits per heavy atom. The first kappa shape index (κ1) is 9.44. The molecule has 0 aliphatic rings. The molecule has 0 aromatic carbocycles. The van der Waals surface area contributed by atoms with Gasteiger partial charge in [0, 0.05) is 0 Å². The fraction of sp³-hybridized carbons (Fsp3) is 0.333. The minimum absolute atomic E-state index is 0.679. The molecule has 0 rings (SSSR count). The quantitative estimate of drug-likeness (QED) is 0.544. The molecule has 0 aromatic rings. The third-order valence-electron chi connectivity index (χ3n) is 1.28. The van der Waals surface area contributed by atoms with Gasteiger partial charge in [-0.15, -0.1) is 19.7 Å². The Balaban J connectivity index is 4.43.